The number of Topliss-reactive ketones (excluding diaryl/α,β-unsaturated/α-hetero) is 1. The van der Waals surface area contributed by atoms with E-state index in [1.54, 1.807) is 0 Å². The van der Waals surface area contributed by atoms with Crippen LogP contribution in [0.2, 0.25) is 0 Å². The van der Waals surface area contributed by atoms with Crippen LogP contribution in [0.15, 0.2) is 18.3 Å². The van der Waals surface area contributed by atoms with Gasteiger partial charge in [0.2, 0.25) is 5.78 Å². The van der Waals surface area contributed by atoms with E-state index < -0.39 is 0 Å². The minimum atomic E-state index is -0.221. The van der Waals surface area contributed by atoms with Crippen molar-refractivity contribution in [3.05, 3.63) is 24.0 Å². The van der Waals surface area contributed by atoms with Gasteiger partial charge in [-0.25, -0.2) is 0 Å². The Hall–Kier alpha value is -1.09. The summed E-state index contributed by atoms with van der Waals surface area (Å²) in [4.78, 5) is 11.7. The van der Waals surface area contributed by atoms with Crippen LogP contribution in [-0.4, -0.2) is 22.6 Å². The van der Waals surface area contributed by atoms with Crippen LogP contribution in [0.5, 0.6) is 0 Å². The van der Waals surface area contributed by atoms with Gasteiger partial charge in [0.25, 0.3) is 0 Å². The first-order valence-electron chi connectivity index (χ1n) is 5.25. The average molecular weight is 209 g/mol. The third-order valence-electron chi connectivity index (χ3n) is 2.67. The first kappa shape index (κ1) is 12.0. The summed E-state index contributed by atoms with van der Waals surface area (Å²) in [6.45, 7) is 6.18. The van der Waals surface area contributed by atoms with Crippen LogP contribution in [0.4, 0.5) is 0 Å². The highest BCUT2D eigenvalue weighted by Gasteiger charge is 2.18. The summed E-state index contributed by atoms with van der Waals surface area (Å²) in [7, 11) is 1.86. The number of ether oxygens (including phenoxy) is 1. The van der Waals surface area contributed by atoms with Crippen LogP contribution in [0.1, 0.15) is 37.7 Å². The molecule has 0 aliphatic carbocycles. The van der Waals surface area contributed by atoms with E-state index in [0.29, 0.717) is 5.69 Å². The number of hydrogen-bond donors (Lipinski definition) is 0. The highest BCUT2D eigenvalue weighted by molar-refractivity contribution is 5.95. The fourth-order valence-corrected chi connectivity index (χ4v) is 1.19. The lowest BCUT2D eigenvalue weighted by Gasteiger charge is -2.22. The fourth-order valence-electron chi connectivity index (χ4n) is 1.19. The molecule has 0 saturated heterocycles. The van der Waals surface area contributed by atoms with E-state index >= 15 is 0 Å². The maximum atomic E-state index is 11.7. The van der Waals surface area contributed by atoms with Crippen molar-refractivity contribution in [2.45, 2.75) is 32.8 Å². The maximum Gasteiger partial charge on any atom is 0.204 e. The van der Waals surface area contributed by atoms with E-state index in [-0.39, 0.29) is 18.0 Å². The summed E-state index contributed by atoms with van der Waals surface area (Å²) in [5.41, 5.74) is 0.475. The van der Waals surface area contributed by atoms with Gasteiger partial charge in [0, 0.05) is 13.2 Å². The van der Waals surface area contributed by atoms with Crippen molar-refractivity contribution in [1.29, 1.82) is 0 Å². The molecule has 0 aliphatic rings. The molecule has 0 fully saturated rings. The number of carbonyl (C=O) groups is 1. The molecule has 0 aromatic carbocycles. The van der Waals surface area contributed by atoms with Crippen molar-refractivity contribution in [2.24, 2.45) is 7.05 Å². The van der Waals surface area contributed by atoms with Crippen molar-refractivity contribution in [3.63, 3.8) is 0 Å². The maximum absolute atomic E-state index is 11.7. The molecule has 1 heterocycles. The van der Waals surface area contributed by atoms with Crippen LogP contribution in [0.3, 0.4) is 0 Å². The Morgan fingerprint density at radius 2 is 2.20 bits per heavy atom. The molecule has 15 heavy (non-hydrogen) atoms. The van der Waals surface area contributed by atoms with Gasteiger partial charge in [-0.15, -0.1) is 0 Å². The quantitative estimate of drug-likeness (QED) is 0.697. The van der Waals surface area contributed by atoms with Gasteiger partial charge in [0.05, 0.1) is 11.3 Å². The van der Waals surface area contributed by atoms with Crippen molar-refractivity contribution in [3.8, 4) is 0 Å². The molecular formula is C12H19NO2. The SMILES string of the molecule is CCC(C)(C)OCC(=O)c1cccn1C. The minimum Gasteiger partial charge on any atom is -0.367 e. The second-order valence-electron chi connectivity index (χ2n) is 4.33. The molecule has 1 aromatic rings. The summed E-state index contributed by atoms with van der Waals surface area (Å²) >= 11 is 0. The number of aryl methyl sites for hydroxylation is 1. The third kappa shape index (κ3) is 3.20. The van der Waals surface area contributed by atoms with Crippen molar-refractivity contribution >= 4 is 5.78 Å². The zero-order valence-electron chi connectivity index (χ0n) is 9.91. The predicted molar refractivity (Wildman–Crippen MR) is 60.1 cm³/mol. The van der Waals surface area contributed by atoms with E-state index in [1.165, 1.54) is 0 Å². The Morgan fingerprint density at radius 3 is 2.67 bits per heavy atom. The lowest BCUT2D eigenvalue weighted by Crippen LogP contribution is -2.27. The smallest absolute Gasteiger partial charge is 0.204 e. The molecule has 0 aliphatic heterocycles. The number of hydrogen-bond acceptors (Lipinski definition) is 2. The van der Waals surface area contributed by atoms with Gasteiger partial charge in [-0.2, -0.15) is 0 Å². The largest absolute Gasteiger partial charge is 0.367 e. The summed E-state index contributed by atoms with van der Waals surface area (Å²) in [6.07, 6.45) is 2.76. The highest BCUT2D eigenvalue weighted by Crippen LogP contribution is 2.14. The standard InChI is InChI=1S/C12H19NO2/c1-5-12(2,3)15-9-11(14)10-7-6-8-13(10)4/h6-8H,5,9H2,1-4H3. The molecule has 0 N–H and O–H groups in total. The minimum absolute atomic E-state index is 0.0315. The van der Waals surface area contributed by atoms with Crippen LogP contribution in [0.25, 0.3) is 0 Å². The summed E-state index contributed by atoms with van der Waals surface area (Å²) in [6, 6.07) is 3.67. The molecule has 3 nitrogen and oxygen atoms in total. The monoisotopic (exact) mass is 209 g/mol. The highest BCUT2D eigenvalue weighted by atomic mass is 16.5. The van der Waals surface area contributed by atoms with E-state index in [1.807, 2.05) is 50.7 Å². The molecule has 0 unspecified atom stereocenters. The Morgan fingerprint density at radius 1 is 1.53 bits per heavy atom. The van der Waals surface area contributed by atoms with Crippen LogP contribution >= 0.6 is 0 Å². The third-order valence-corrected chi connectivity index (χ3v) is 2.67. The summed E-state index contributed by atoms with van der Waals surface area (Å²) < 4.78 is 7.37. The molecule has 0 radical (unpaired) electrons. The average Bonchev–Trinajstić information content (AvgIpc) is 2.61. The molecule has 0 amide bonds. The Bertz CT molecular complexity index is 339. The van der Waals surface area contributed by atoms with Gasteiger partial charge < -0.3 is 9.30 Å². The van der Waals surface area contributed by atoms with E-state index in [2.05, 4.69) is 0 Å². The number of aromatic nitrogens is 1. The molecule has 1 rings (SSSR count). The van der Waals surface area contributed by atoms with Gasteiger partial charge in [-0.1, -0.05) is 6.92 Å². The number of carbonyl (C=O) groups excluding carboxylic acids is 1. The van der Waals surface area contributed by atoms with Gasteiger partial charge >= 0.3 is 0 Å². The first-order valence-corrected chi connectivity index (χ1v) is 5.25. The Balaban J connectivity index is 2.55. The predicted octanol–water partition coefficient (Wildman–Crippen LogP) is 2.41. The molecule has 0 saturated carbocycles. The van der Waals surface area contributed by atoms with Crippen LogP contribution in [-0.2, 0) is 11.8 Å². The van der Waals surface area contributed by atoms with Gasteiger partial charge in [0.15, 0.2) is 0 Å². The number of nitrogens with zero attached hydrogens (tertiary/aromatic N) is 1. The van der Waals surface area contributed by atoms with Crippen LogP contribution < -0.4 is 0 Å². The number of ketones is 1. The van der Waals surface area contributed by atoms with Crippen LogP contribution in [0, 0.1) is 0 Å². The fraction of sp³-hybridized carbons (Fsp3) is 0.583. The molecule has 84 valence electrons. The van der Waals surface area contributed by atoms with Crippen molar-refractivity contribution in [1.82, 2.24) is 4.57 Å². The molecule has 3 heteroatoms. The summed E-state index contributed by atoms with van der Waals surface area (Å²) in [5, 5.41) is 0. The number of rotatable bonds is 5. The lowest BCUT2D eigenvalue weighted by molar-refractivity contribution is -0.0124. The first-order chi connectivity index (χ1) is 6.96. The van der Waals surface area contributed by atoms with E-state index in [9.17, 15) is 4.79 Å². The zero-order chi connectivity index (χ0) is 11.5. The lowest BCUT2D eigenvalue weighted by atomic mass is 10.1. The second-order valence-corrected chi connectivity index (χ2v) is 4.33. The van der Waals surface area contributed by atoms with Gasteiger partial charge in [-0.05, 0) is 32.4 Å². The van der Waals surface area contributed by atoms with Crippen molar-refractivity contribution < 1.29 is 9.53 Å². The Labute approximate surface area is 91.0 Å². The topological polar surface area (TPSA) is 31.2 Å². The molecule has 1 aromatic heterocycles. The zero-order valence-corrected chi connectivity index (χ0v) is 9.91. The van der Waals surface area contributed by atoms with Gasteiger partial charge in [-0.3, -0.25) is 4.79 Å². The molecule has 0 spiro atoms. The summed E-state index contributed by atoms with van der Waals surface area (Å²) in [5.74, 6) is 0.0315. The second kappa shape index (κ2) is 4.62. The normalized spacial score (nSPS) is 11.7. The Kier molecular flexibility index (Phi) is 3.69. The molecule has 0 bridgehead atoms. The molecule has 0 atom stereocenters. The van der Waals surface area contributed by atoms with Crippen molar-refractivity contribution in [2.75, 3.05) is 6.61 Å². The van der Waals surface area contributed by atoms with Gasteiger partial charge in [0.1, 0.15) is 6.61 Å². The molecular weight excluding hydrogens is 190 g/mol. The van der Waals surface area contributed by atoms with E-state index in [0.717, 1.165) is 6.42 Å². The van der Waals surface area contributed by atoms with E-state index in [4.69, 9.17) is 4.74 Å².